The highest BCUT2D eigenvalue weighted by Gasteiger charge is 2.52. The first-order chi connectivity index (χ1) is 22.3. The minimum Gasteiger partial charge on any atom is -0.446 e. The molecule has 3 saturated heterocycles. The molecule has 0 saturated carbocycles. The molecule has 1 spiro atoms. The zero-order valence-corrected chi connectivity index (χ0v) is 26.9. The molecule has 14 heteroatoms. The number of alkyl halides is 3. The lowest BCUT2D eigenvalue weighted by molar-refractivity contribution is -0.291. The van der Waals surface area contributed by atoms with Gasteiger partial charge in [0, 0.05) is 37.3 Å². The van der Waals surface area contributed by atoms with Crippen molar-refractivity contribution < 1.29 is 47.5 Å². The summed E-state index contributed by atoms with van der Waals surface area (Å²) < 4.78 is 54.9. The van der Waals surface area contributed by atoms with Crippen LogP contribution in [0.2, 0.25) is 0 Å². The summed E-state index contributed by atoms with van der Waals surface area (Å²) in [6, 6.07) is 6.10. The quantitative estimate of drug-likeness (QED) is 0.227. The second-order valence-corrected chi connectivity index (χ2v) is 13.3. The van der Waals surface area contributed by atoms with Gasteiger partial charge in [0.2, 0.25) is 12.2 Å². The maximum absolute atomic E-state index is 13.0. The monoisotopic (exact) mass is 666 g/mol. The molecular weight excluding hydrogens is 621 g/mol. The smallest absolute Gasteiger partial charge is 0.446 e. The number of likely N-dealkylation sites (tertiary alicyclic amines) is 1. The Bertz CT molecular complexity index is 1400. The molecule has 47 heavy (non-hydrogen) atoms. The van der Waals surface area contributed by atoms with Crippen LogP contribution in [-0.4, -0.2) is 113 Å². The standard InChI is InChI=1S/C33H45F3N4O7/c1-19(2)25-23(29(39-38-25)47-30-28(46-31(44)33(34,35)36)27(43)26(42)24(16-41)45-30)15-22-8-7-21(14-20(22)3)6-4-5-11-40-12-9-32(10-13-40)17-37-18-32/h4,6-8,14,19,24,26-28,30,37,41-43H,5,9-13,15-18H2,1-3H3,(H,38,39)/b6-4+/t24-,26-,27+,28-,30+/m1/s1. The molecule has 3 aliphatic rings. The first-order valence-corrected chi connectivity index (χ1v) is 16.1. The Morgan fingerprint density at radius 1 is 1.21 bits per heavy atom. The Balaban J connectivity index is 1.27. The SMILES string of the molecule is Cc1cc(/C=C/CCN2CCC3(CC2)CNC3)ccc1Cc1c(O[C@@H]2O[C@H](CO)[C@@H](O)[C@H](O)[C@H]2OC(=O)C(F)(F)F)n[nH]c1C(C)C. The van der Waals surface area contributed by atoms with Crippen molar-refractivity contribution in [3.63, 3.8) is 0 Å². The van der Waals surface area contributed by atoms with Crippen molar-refractivity contribution in [1.82, 2.24) is 20.4 Å². The van der Waals surface area contributed by atoms with Gasteiger partial charge in [-0.05, 0) is 67.3 Å². The number of H-pyrrole nitrogens is 1. The number of aliphatic hydroxyl groups is 3. The van der Waals surface area contributed by atoms with Gasteiger partial charge in [-0.1, -0.05) is 44.2 Å². The number of aromatic nitrogens is 2. The van der Waals surface area contributed by atoms with Gasteiger partial charge < -0.3 is 39.7 Å². The Morgan fingerprint density at radius 2 is 1.94 bits per heavy atom. The Hall–Kier alpha value is -3.01. The highest BCUT2D eigenvalue weighted by molar-refractivity contribution is 5.75. The van der Waals surface area contributed by atoms with E-state index in [1.807, 2.05) is 32.9 Å². The van der Waals surface area contributed by atoms with E-state index in [0.717, 1.165) is 55.8 Å². The van der Waals surface area contributed by atoms with Crippen molar-refractivity contribution in [3.8, 4) is 5.88 Å². The number of piperidine rings is 1. The van der Waals surface area contributed by atoms with Crippen molar-refractivity contribution >= 4 is 12.0 Å². The zero-order chi connectivity index (χ0) is 33.9. The van der Waals surface area contributed by atoms with Gasteiger partial charge in [-0.3, -0.25) is 5.10 Å². The number of carbonyl (C=O) groups excluding carboxylic acids is 1. The van der Waals surface area contributed by atoms with Gasteiger partial charge in [0.1, 0.15) is 18.3 Å². The van der Waals surface area contributed by atoms with Crippen LogP contribution in [0.5, 0.6) is 5.88 Å². The van der Waals surface area contributed by atoms with Gasteiger partial charge in [0.25, 0.3) is 0 Å². The van der Waals surface area contributed by atoms with E-state index in [4.69, 9.17) is 9.47 Å². The molecule has 3 aliphatic heterocycles. The van der Waals surface area contributed by atoms with Gasteiger partial charge in [-0.2, -0.15) is 13.2 Å². The minimum atomic E-state index is -5.37. The lowest BCUT2D eigenvalue weighted by Crippen LogP contribution is -2.61. The zero-order valence-electron chi connectivity index (χ0n) is 26.9. The largest absolute Gasteiger partial charge is 0.490 e. The molecule has 260 valence electrons. The lowest BCUT2D eigenvalue weighted by Gasteiger charge is -2.48. The predicted octanol–water partition coefficient (Wildman–Crippen LogP) is 2.81. The van der Waals surface area contributed by atoms with Gasteiger partial charge in [0.15, 0.2) is 6.10 Å². The number of halogens is 3. The number of hydrogen-bond donors (Lipinski definition) is 5. The fourth-order valence-corrected chi connectivity index (χ4v) is 6.46. The third-order valence-corrected chi connectivity index (χ3v) is 9.54. The normalized spacial score (nSPS) is 26.6. The first-order valence-electron chi connectivity index (χ1n) is 16.1. The molecule has 0 radical (unpaired) electrons. The topological polar surface area (TPSA) is 149 Å². The van der Waals surface area contributed by atoms with Crippen molar-refractivity contribution in [2.24, 2.45) is 5.41 Å². The number of esters is 1. The van der Waals surface area contributed by atoms with Crippen LogP contribution in [0.4, 0.5) is 13.2 Å². The maximum Gasteiger partial charge on any atom is 0.490 e. The fraction of sp³-hybridized carbons (Fsp3) is 0.636. The summed E-state index contributed by atoms with van der Waals surface area (Å²) in [5.74, 6) is -2.67. The maximum atomic E-state index is 13.0. The Morgan fingerprint density at radius 3 is 2.53 bits per heavy atom. The summed E-state index contributed by atoms with van der Waals surface area (Å²) in [5.41, 5.74) is 4.87. The van der Waals surface area contributed by atoms with Crippen LogP contribution < -0.4 is 10.1 Å². The lowest BCUT2D eigenvalue weighted by atomic mass is 9.73. The summed E-state index contributed by atoms with van der Waals surface area (Å²) in [6.45, 7) is 10.7. The second-order valence-electron chi connectivity index (χ2n) is 13.3. The number of rotatable bonds is 11. The number of hydrogen-bond acceptors (Lipinski definition) is 10. The van der Waals surface area contributed by atoms with Gasteiger partial charge >= 0.3 is 12.1 Å². The van der Waals surface area contributed by atoms with Crippen LogP contribution in [0.1, 0.15) is 67.0 Å². The van der Waals surface area contributed by atoms with Crippen molar-refractivity contribution in [1.29, 1.82) is 0 Å². The number of nitrogens with zero attached hydrogens (tertiary/aromatic N) is 2. The fourth-order valence-electron chi connectivity index (χ4n) is 6.46. The molecule has 5 atom stereocenters. The predicted molar refractivity (Wildman–Crippen MR) is 166 cm³/mol. The molecule has 5 N–H and O–H groups in total. The first kappa shape index (κ1) is 35.3. The number of ether oxygens (including phenoxy) is 3. The molecule has 3 fully saturated rings. The molecule has 1 aromatic heterocycles. The van der Waals surface area contributed by atoms with E-state index in [-0.39, 0.29) is 11.8 Å². The van der Waals surface area contributed by atoms with Crippen LogP contribution in [-0.2, 0) is 20.7 Å². The van der Waals surface area contributed by atoms with Crippen molar-refractivity contribution in [2.45, 2.75) is 89.3 Å². The highest BCUT2D eigenvalue weighted by atomic mass is 19.4. The summed E-state index contributed by atoms with van der Waals surface area (Å²) in [5, 5.41) is 40.9. The van der Waals surface area contributed by atoms with Crippen LogP contribution in [0.15, 0.2) is 24.3 Å². The van der Waals surface area contributed by atoms with Gasteiger partial charge in [0.05, 0.1) is 6.61 Å². The molecule has 2 aromatic rings. The molecule has 0 aliphatic carbocycles. The average molecular weight is 667 g/mol. The summed E-state index contributed by atoms with van der Waals surface area (Å²) >= 11 is 0. The van der Waals surface area contributed by atoms with Crippen LogP contribution in [0.3, 0.4) is 0 Å². The van der Waals surface area contributed by atoms with Crippen LogP contribution in [0, 0.1) is 12.3 Å². The Labute approximate surface area is 272 Å². The summed E-state index contributed by atoms with van der Waals surface area (Å²) in [7, 11) is 0. The number of nitrogens with one attached hydrogen (secondary N) is 2. The average Bonchev–Trinajstić information content (AvgIpc) is 3.41. The molecule has 1 aromatic carbocycles. The number of aryl methyl sites for hydroxylation is 1. The van der Waals surface area contributed by atoms with Gasteiger partial charge in [-0.15, -0.1) is 5.10 Å². The Kier molecular flexibility index (Phi) is 11.0. The molecule has 5 rings (SSSR count). The number of carbonyl (C=O) groups is 1. The third kappa shape index (κ3) is 8.18. The van der Waals surface area contributed by atoms with Crippen molar-refractivity contribution in [2.75, 3.05) is 39.3 Å². The minimum absolute atomic E-state index is 0.0346. The van der Waals surface area contributed by atoms with Crippen LogP contribution >= 0.6 is 0 Å². The molecule has 11 nitrogen and oxygen atoms in total. The second kappa shape index (κ2) is 14.6. The molecule has 4 heterocycles. The number of aliphatic hydroxyl groups excluding tert-OH is 3. The van der Waals surface area contributed by atoms with Crippen molar-refractivity contribution in [3.05, 3.63) is 52.2 Å². The van der Waals surface area contributed by atoms with E-state index in [2.05, 4.69) is 43.4 Å². The van der Waals surface area contributed by atoms with E-state index in [1.54, 1.807) is 0 Å². The number of benzene rings is 1. The van der Waals surface area contributed by atoms with Gasteiger partial charge in [-0.25, -0.2) is 4.79 Å². The number of aromatic amines is 1. The van der Waals surface area contributed by atoms with E-state index in [1.165, 1.54) is 12.8 Å². The van der Waals surface area contributed by atoms with Crippen LogP contribution in [0.25, 0.3) is 6.08 Å². The molecule has 0 amide bonds. The summed E-state index contributed by atoms with van der Waals surface area (Å²) in [6.07, 6.45) is -6.39. The van der Waals surface area contributed by atoms with E-state index in [9.17, 15) is 33.3 Å². The molecule has 0 bridgehead atoms. The van der Waals surface area contributed by atoms with E-state index < -0.39 is 49.5 Å². The third-order valence-electron chi connectivity index (χ3n) is 9.54. The molecule has 0 unspecified atom stereocenters. The van der Waals surface area contributed by atoms with E-state index >= 15 is 0 Å². The molecular formula is C33H45F3N4O7. The van der Waals surface area contributed by atoms with E-state index in [0.29, 0.717) is 23.1 Å². The highest BCUT2D eigenvalue weighted by Crippen LogP contribution is 2.35. The summed E-state index contributed by atoms with van der Waals surface area (Å²) in [4.78, 5) is 14.2.